The minimum atomic E-state index is -0.668. The van der Waals surface area contributed by atoms with Gasteiger partial charge in [0.25, 0.3) is 0 Å². The van der Waals surface area contributed by atoms with Gasteiger partial charge in [0, 0.05) is 11.9 Å². The number of aromatic nitrogens is 1. The molecule has 0 bridgehead atoms. The normalized spacial score (nSPS) is 17.4. The van der Waals surface area contributed by atoms with E-state index in [0.29, 0.717) is 0 Å². The maximum atomic E-state index is 10.9. The number of aliphatic carboxylic acids is 1. The van der Waals surface area contributed by atoms with E-state index in [9.17, 15) is 4.79 Å². The predicted molar refractivity (Wildman–Crippen MR) is 75.5 cm³/mol. The van der Waals surface area contributed by atoms with Crippen LogP contribution in [0.15, 0.2) is 28.2 Å². The molecule has 0 radical (unpaired) electrons. The molecule has 0 spiro atoms. The molecule has 1 saturated heterocycles. The molecule has 1 fully saturated rings. The minimum absolute atomic E-state index is 0.180. The summed E-state index contributed by atoms with van der Waals surface area (Å²) in [6.45, 7) is 2.43. The van der Waals surface area contributed by atoms with Crippen molar-refractivity contribution in [3.05, 3.63) is 29.5 Å². The van der Waals surface area contributed by atoms with Crippen LogP contribution in [0.4, 0.5) is 0 Å². The molecule has 3 rings (SSSR count). The van der Waals surface area contributed by atoms with E-state index in [2.05, 4.69) is 9.88 Å². The first-order chi connectivity index (χ1) is 9.72. The molecule has 1 aliphatic rings. The van der Waals surface area contributed by atoms with Crippen molar-refractivity contribution in [1.29, 1.82) is 0 Å². The van der Waals surface area contributed by atoms with Crippen LogP contribution in [0, 0.1) is 5.92 Å². The molecule has 0 atom stereocenters. The van der Waals surface area contributed by atoms with Crippen LogP contribution in [0.3, 0.4) is 0 Å². The first-order valence-corrected chi connectivity index (χ1v) is 7.54. The summed E-state index contributed by atoms with van der Waals surface area (Å²) in [5, 5.41) is 11.9. The number of furan rings is 1. The van der Waals surface area contributed by atoms with Gasteiger partial charge < -0.3 is 9.52 Å². The van der Waals surface area contributed by atoms with Crippen molar-refractivity contribution in [3.8, 4) is 10.8 Å². The number of hydrogen-bond acceptors (Lipinski definition) is 5. The number of hydrogen-bond donors (Lipinski definition) is 1. The number of piperidine rings is 1. The summed E-state index contributed by atoms with van der Waals surface area (Å²) in [6, 6.07) is 3.76. The van der Waals surface area contributed by atoms with Crippen LogP contribution in [0.2, 0.25) is 0 Å². The van der Waals surface area contributed by atoms with Crippen LogP contribution in [0.25, 0.3) is 10.8 Å². The molecule has 2 aromatic heterocycles. The third-order valence-corrected chi connectivity index (χ3v) is 4.51. The molecule has 3 heterocycles. The lowest BCUT2D eigenvalue weighted by atomic mass is 9.97. The first-order valence-electron chi connectivity index (χ1n) is 6.66. The second-order valence-corrected chi connectivity index (χ2v) is 5.87. The van der Waals surface area contributed by atoms with Gasteiger partial charge in [-0.15, -0.1) is 11.3 Å². The average molecular weight is 292 g/mol. The van der Waals surface area contributed by atoms with Crippen molar-refractivity contribution >= 4 is 17.3 Å². The molecule has 0 aliphatic carbocycles. The van der Waals surface area contributed by atoms with Crippen molar-refractivity contribution in [3.63, 3.8) is 0 Å². The second kappa shape index (κ2) is 5.76. The monoisotopic (exact) mass is 292 g/mol. The van der Waals surface area contributed by atoms with Gasteiger partial charge in [-0.05, 0) is 38.1 Å². The number of carboxylic acids is 1. The van der Waals surface area contributed by atoms with Crippen LogP contribution in [-0.4, -0.2) is 34.0 Å². The van der Waals surface area contributed by atoms with Crippen LogP contribution < -0.4 is 0 Å². The van der Waals surface area contributed by atoms with E-state index in [1.165, 1.54) is 0 Å². The van der Waals surface area contributed by atoms with Gasteiger partial charge >= 0.3 is 5.97 Å². The standard InChI is InChI=1S/C14H16N2O3S/c17-14(18)10-3-5-16(6-4-10)8-11-9-20-13(15-11)12-2-1-7-19-12/h1-2,7,9-10H,3-6,8H2,(H,17,18). The fraction of sp³-hybridized carbons (Fsp3) is 0.429. The van der Waals surface area contributed by atoms with E-state index in [-0.39, 0.29) is 5.92 Å². The Balaban J connectivity index is 1.58. The largest absolute Gasteiger partial charge is 0.481 e. The zero-order valence-corrected chi connectivity index (χ0v) is 11.8. The average Bonchev–Trinajstić information content (AvgIpc) is 3.09. The Morgan fingerprint density at radius 3 is 2.95 bits per heavy atom. The zero-order valence-electron chi connectivity index (χ0n) is 11.0. The summed E-state index contributed by atoms with van der Waals surface area (Å²) in [6.07, 6.45) is 3.10. The Morgan fingerprint density at radius 2 is 2.30 bits per heavy atom. The summed E-state index contributed by atoms with van der Waals surface area (Å²) >= 11 is 1.58. The van der Waals surface area contributed by atoms with E-state index >= 15 is 0 Å². The van der Waals surface area contributed by atoms with E-state index in [0.717, 1.165) is 48.9 Å². The number of nitrogens with zero attached hydrogens (tertiary/aromatic N) is 2. The number of rotatable bonds is 4. The number of carbonyl (C=O) groups is 1. The highest BCUT2D eigenvalue weighted by Crippen LogP contribution is 2.25. The molecule has 1 aliphatic heterocycles. The van der Waals surface area contributed by atoms with E-state index in [4.69, 9.17) is 9.52 Å². The maximum absolute atomic E-state index is 10.9. The summed E-state index contributed by atoms with van der Waals surface area (Å²) in [4.78, 5) is 17.7. The van der Waals surface area contributed by atoms with Crippen LogP contribution in [0.1, 0.15) is 18.5 Å². The van der Waals surface area contributed by atoms with E-state index in [1.807, 2.05) is 17.5 Å². The Labute approximate surface area is 120 Å². The van der Waals surface area contributed by atoms with Gasteiger partial charge in [0.15, 0.2) is 10.8 Å². The van der Waals surface area contributed by atoms with Gasteiger partial charge in [-0.25, -0.2) is 4.98 Å². The van der Waals surface area contributed by atoms with Gasteiger partial charge in [0.2, 0.25) is 0 Å². The summed E-state index contributed by atoms with van der Waals surface area (Å²) in [7, 11) is 0. The van der Waals surface area contributed by atoms with Crippen molar-refractivity contribution < 1.29 is 14.3 Å². The molecule has 2 aromatic rings. The fourth-order valence-electron chi connectivity index (χ4n) is 2.46. The Morgan fingerprint density at radius 1 is 1.50 bits per heavy atom. The Hall–Kier alpha value is -1.66. The van der Waals surface area contributed by atoms with Gasteiger partial charge in [0.1, 0.15) is 0 Å². The van der Waals surface area contributed by atoms with E-state index < -0.39 is 5.97 Å². The molecule has 1 N–H and O–H groups in total. The highest BCUT2D eigenvalue weighted by molar-refractivity contribution is 7.13. The van der Waals surface area contributed by atoms with Crippen molar-refractivity contribution in [2.75, 3.05) is 13.1 Å². The van der Waals surface area contributed by atoms with Gasteiger partial charge in [-0.2, -0.15) is 0 Å². The number of carboxylic acid groups (broad SMARTS) is 1. The Bertz CT molecular complexity index is 571. The van der Waals surface area contributed by atoms with Crippen LogP contribution in [0.5, 0.6) is 0 Å². The maximum Gasteiger partial charge on any atom is 0.306 e. The van der Waals surface area contributed by atoms with Crippen LogP contribution >= 0.6 is 11.3 Å². The van der Waals surface area contributed by atoms with Gasteiger partial charge in [-0.1, -0.05) is 0 Å². The highest BCUT2D eigenvalue weighted by Gasteiger charge is 2.24. The molecule has 0 unspecified atom stereocenters. The SMILES string of the molecule is O=C(O)C1CCN(Cc2csc(-c3ccco3)n2)CC1. The molecule has 0 amide bonds. The predicted octanol–water partition coefficient (Wildman–Crippen LogP) is 2.70. The topological polar surface area (TPSA) is 66.6 Å². The Kier molecular flexibility index (Phi) is 3.84. The number of likely N-dealkylation sites (tertiary alicyclic amines) is 1. The molecular weight excluding hydrogens is 276 g/mol. The first kappa shape index (κ1) is 13.3. The lowest BCUT2D eigenvalue weighted by molar-refractivity contribution is -0.143. The molecule has 0 saturated carbocycles. The lowest BCUT2D eigenvalue weighted by Crippen LogP contribution is -2.35. The molecular formula is C14H16N2O3S. The molecule has 20 heavy (non-hydrogen) atoms. The summed E-state index contributed by atoms with van der Waals surface area (Å²) < 4.78 is 5.33. The molecule has 0 aromatic carbocycles. The molecule has 5 nitrogen and oxygen atoms in total. The van der Waals surface area contributed by atoms with Crippen molar-refractivity contribution in [2.45, 2.75) is 19.4 Å². The number of thiazole rings is 1. The summed E-state index contributed by atoms with van der Waals surface area (Å²) in [5.74, 6) is -0.0513. The van der Waals surface area contributed by atoms with Crippen molar-refractivity contribution in [1.82, 2.24) is 9.88 Å². The highest BCUT2D eigenvalue weighted by atomic mass is 32.1. The third kappa shape index (κ3) is 2.91. The molecule has 6 heteroatoms. The third-order valence-electron chi connectivity index (χ3n) is 3.61. The smallest absolute Gasteiger partial charge is 0.306 e. The summed E-state index contributed by atoms with van der Waals surface area (Å²) in [5.41, 5.74) is 1.02. The van der Waals surface area contributed by atoms with Gasteiger partial charge in [0.05, 0.1) is 17.9 Å². The molecule has 106 valence electrons. The fourth-order valence-corrected chi connectivity index (χ4v) is 3.24. The quantitative estimate of drug-likeness (QED) is 0.938. The second-order valence-electron chi connectivity index (χ2n) is 5.01. The van der Waals surface area contributed by atoms with Crippen molar-refractivity contribution in [2.24, 2.45) is 5.92 Å². The zero-order chi connectivity index (χ0) is 13.9. The lowest BCUT2D eigenvalue weighted by Gasteiger charge is -2.29. The van der Waals surface area contributed by atoms with Crippen LogP contribution in [-0.2, 0) is 11.3 Å². The van der Waals surface area contributed by atoms with E-state index in [1.54, 1.807) is 17.6 Å². The minimum Gasteiger partial charge on any atom is -0.481 e. The van der Waals surface area contributed by atoms with Gasteiger partial charge in [-0.3, -0.25) is 9.69 Å².